The normalized spacial score (nSPS) is 20.4. The molecule has 0 amide bonds. The number of nitrogens with zero attached hydrogens (tertiary/aromatic N) is 5. The van der Waals surface area contributed by atoms with E-state index in [0.29, 0.717) is 4.99 Å². The fourth-order valence-corrected chi connectivity index (χ4v) is 2.24. The Labute approximate surface area is 106 Å². The summed E-state index contributed by atoms with van der Waals surface area (Å²) in [6.45, 7) is 4.85. The fraction of sp³-hybridized carbons (Fsp3) is 0.800. The molecular weight excluding hydrogens is 236 g/mol. The molecule has 0 atom stereocenters. The number of hydrogen-bond acceptors (Lipinski definition) is 5. The van der Waals surface area contributed by atoms with Crippen LogP contribution in [0.5, 0.6) is 0 Å². The molecule has 0 saturated carbocycles. The molecule has 1 aromatic heterocycles. The first-order valence-corrected chi connectivity index (χ1v) is 6.15. The lowest BCUT2D eigenvalue weighted by molar-refractivity contribution is 0.154. The van der Waals surface area contributed by atoms with Gasteiger partial charge in [0.1, 0.15) is 0 Å². The van der Waals surface area contributed by atoms with Crippen LogP contribution in [0.1, 0.15) is 25.6 Å². The Morgan fingerprint density at radius 1 is 1.47 bits per heavy atom. The second-order valence-electron chi connectivity index (χ2n) is 4.90. The molecule has 2 rings (SSSR count). The van der Waals surface area contributed by atoms with Crippen molar-refractivity contribution < 1.29 is 0 Å². The third-order valence-electron chi connectivity index (χ3n) is 3.47. The van der Waals surface area contributed by atoms with Gasteiger partial charge in [-0.3, -0.25) is 4.90 Å². The van der Waals surface area contributed by atoms with Crippen LogP contribution in [0, 0.1) is 5.41 Å². The van der Waals surface area contributed by atoms with Gasteiger partial charge in [-0.15, -0.1) is 10.2 Å². The zero-order chi connectivity index (χ0) is 12.5. The van der Waals surface area contributed by atoms with E-state index < -0.39 is 0 Å². The van der Waals surface area contributed by atoms with E-state index in [1.54, 1.807) is 7.05 Å². The van der Waals surface area contributed by atoms with Crippen LogP contribution in [-0.4, -0.2) is 43.2 Å². The Balaban J connectivity index is 1.89. The van der Waals surface area contributed by atoms with Gasteiger partial charge >= 0.3 is 0 Å². The predicted octanol–water partition coefficient (Wildman–Crippen LogP) is 0.0983. The second-order valence-corrected chi connectivity index (χ2v) is 5.34. The molecule has 1 aromatic rings. The molecule has 1 aliphatic rings. The van der Waals surface area contributed by atoms with Gasteiger partial charge in [-0.05, 0) is 31.1 Å². The number of hydrogen-bond donors (Lipinski definition) is 1. The minimum absolute atomic E-state index is 0.0155. The van der Waals surface area contributed by atoms with E-state index in [4.69, 9.17) is 18.0 Å². The first-order valence-electron chi connectivity index (χ1n) is 5.75. The fourth-order valence-electron chi connectivity index (χ4n) is 2.04. The molecule has 1 fully saturated rings. The van der Waals surface area contributed by atoms with Gasteiger partial charge in [-0.25, -0.2) is 0 Å². The molecule has 6 nitrogen and oxygen atoms in total. The van der Waals surface area contributed by atoms with E-state index in [-0.39, 0.29) is 5.41 Å². The van der Waals surface area contributed by atoms with Crippen LogP contribution in [0.4, 0.5) is 0 Å². The molecule has 1 aliphatic heterocycles. The SMILES string of the molecule is Cn1nnc(CN2CCC(C)(C(N)=S)CC2)n1. The zero-order valence-electron chi connectivity index (χ0n) is 10.3. The Morgan fingerprint density at radius 3 is 2.59 bits per heavy atom. The molecular formula is C10H18N6S. The monoisotopic (exact) mass is 254 g/mol. The summed E-state index contributed by atoms with van der Waals surface area (Å²) in [6, 6.07) is 0. The van der Waals surface area contributed by atoms with Gasteiger partial charge < -0.3 is 5.73 Å². The summed E-state index contributed by atoms with van der Waals surface area (Å²) in [5, 5.41) is 12.0. The highest BCUT2D eigenvalue weighted by molar-refractivity contribution is 7.80. The number of tetrazole rings is 1. The molecule has 0 aliphatic carbocycles. The molecule has 0 spiro atoms. The summed E-state index contributed by atoms with van der Waals surface area (Å²) in [5.41, 5.74) is 5.79. The number of nitrogens with two attached hydrogens (primary N) is 1. The average Bonchev–Trinajstić information content (AvgIpc) is 2.67. The predicted molar refractivity (Wildman–Crippen MR) is 68.2 cm³/mol. The van der Waals surface area contributed by atoms with Crippen molar-refractivity contribution in [3.8, 4) is 0 Å². The maximum Gasteiger partial charge on any atom is 0.188 e. The molecule has 7 heteroatoms. The van der Waals surface area contributed by atoms with Crippen molar-refractivity contribution in [2.75, 3.05) is 13.1 Å². The van der Waals surface area contributed by atoms with Crippen molar-refractivity contribution in [3.63, 3.8) is 0 Å². The van der Waals surface area contributed by atoms with Crippen LogP contribution in [0.2, 0.25) is 0 Å². The van der Waals surface area contributed by atoms with Gasteiger partial charge in [-0.2, -0.15) is 4.80 Å². The van der Waals surface area contributed by atoms with Gasteiger partial charge in [0.05, 0.1) is 18.6 Å². The standard InChI is InChI=1S/C10H18N6S/c1-10(9(11)17)3-5-16(6-4-10)7-8-12-14-15(2)13-8/h3-7H2,1-2H3,(H2,11,17). The van der Waals surface area contributed by atoms with Crippen LogP contribution >= 0.6 is 12.2 Å². The highest BCUT2D eigenvalue weighted by atomic mass is 32.1. The van der Waals surface area contributed by atoms with Crippen LogP contribution in [-0.2, 0) is 13.6 Å². The van der Waals surface area contributed by atoms with Crippen molar-refractivity contribution in [1.29, 1.82) is 0 Å². The summed E-state index contributed by atoms with van der Waals surface area (Å²) in [4.78, 5) is 4.44. The van der Waals surface area contributed by atoms with Crippen LogP contribution in [0.15, 0.2) is 0 Å². The Bertz CT molecular complexity index is 407. The van der Waals surface area contributed by atoms with Gasteiger partial charge in [0.25, 0.3) is 0 Å². The topological polar surface area (TPSA) is 72.9 Å². The molecule has 0 radical (unpaired) electrons. The minimum atomic E-state index is 0.0155. The van der Waals surface area contributed by atoms with E-state index >= 15 is 0 Å². The van der Waals surface area contributed by atoms with Crippen molar-refractivity contribution >= 4 is 17.2 Å². The van der Waals surface area contributed by atoms with E-state index in [1.807, 2.05) is 0 Å². The van der Waals surface area contributed by atoms with Crippen LogP contribution in [0.3, 0.4) is 0 Å². The van der Waals surface area contributed by atoms with E-state index in [2.05, 4.69) is 27.2 Å². The summed E-state index contributed by atoms with van der Waals surface area (Å²) >= 11 is 5.12. The maximum absolute atomic E-state index is 5.78. The third-order valence-corrected chi connectivity index (χ3v) is 3.96. The first-order chi connectivity index (χ1) is 7.99. The number of aromatic nitrogens is 4. The van der Waals surface area contributed by atoms with Gasteiger partial charge in [0, 0.05) is 5.41 Å². The van der Waals surface area contributed by atoms with Gasteiger partial charge in [0.15, 0.2) is 5.82 Å². The smallest absolute Gasteiger partial charge is 0.188 e. The van der Waals surface area contributed by atoms with Crippen molar-refractivity contribution in [2.24, 2.45) is 18.2 Å². The minimum Gasteiger partial charge on any atom is -0.393 e. The van der Waals surface area contributed by atoms with Gasteiger partial charge in [-0.1, -0.05) is 19.1 Å². The molecule has 94 valence electrons. The van der Waals surface area contributed by atoms with Crippen molar-refractivity contribution in [1.82, 2.24) is 25.1 Å². The summed E-state index contributed by atoms with van der Waals surface area (Å²) in [5.74, 6) is 0.770. The lowest BCUT2D eigenvalue weighted by Gasteiger charge is -2.38. The molecule has 0 bridgehead atoms. The van der Waals surface area contributed by atoms with E-state index in [1.165, 1.54) is 4.80 Å². The number of rotatable bonds is 3. The summed E-state index contributed by atoms with van der Waals surface area (Å²) < 4.78 is 0. The number of piperidine rings is 1. The van der Waals surface area contributed by atoms with Gasteiger partial charge in [0.2, 0.25) is 0 Å². The highest BCUT2D eigenvalue weighted by Gasteiger charge is 2.32. The Morgan fingerprint density at radius 2 is 2.12 bits per heavy atom. The maximum atomic E-state index is 5.78. The zero-order valence-corrected chi connectivity index (χ0v) is 11.1. The highest BCUT2D eigenvalue weighted by Crippen LogP contribution is 2.31. The molecule has 17 heavy (non-hydrogen) atoms. The molecule has 1 saturated heterocycles. The number of aryl methyl sites for hydroxylation is 1. The lowest BCUT2D eigenvalue weighted by atomic mass is 9.80. The summed E-state index contributed by atoms with van der Waals surface area (Å²) in [6.07, 6.45) is 2.01. The van der Waals surface area contributed by atoms with Crippen LogP contribution in [0.25, 0.3) is 0 Å². The number of likely N-dealkylation sites (tertiary alicyclic amines) is 1. The van der Waals surface area contributed by atoms with Crippen molar-refractivity contribution in [2.45, 2.75) is 26.3 Å². The molecule has 2 N–H and O–H groups in total. The van der Waals surface area contributed by atoms with Crippen molar-refractivity contribution in [3.05, 3.63) is 5.82 Å². The third kappa shape index (κ3) is 2.78. The Hall–Kier alpha value is -1.08. The quantitative estimate of drug-likeness (QED) is 0.771. The second kappa shape index (κ2) is 4.66. The lowest BCUT2D eigenvalue weighted by Crippen LogP contribution is -2.44. The molecule has 0 aromatic carbocycles. The van der Waals surface area contributed by atoms with E-state index in [9.17, 15) is 0 Å². The van der Waals surface area contributed by atoms with Crippen LogP contribution < -0.4 is 5.73 Å². The Kier molecular flexibility index (Phi) is 3.39. The molecule has 0 unspecified atom stereocenters. The molecule has 2 heterocycles. The van der Waals surface area contributed by atoms with E-state index in [0.717, 1.165) is 38.3 Å². The first kappa shape index (κ1) is 12.4. The largest absolute Gasteiger partial charge is 0.393 e. The summed E-state index contributed by atoms with van der Waals surface area (Å²) in [7, 11) is 1.77. The number of thiocarbonyl (C=S) groups is 1. The average molecular weight is 254 g/mol.